The van der Waals surface area contributed by atoms with Crippen LogP contribution in [0, 0.1) is 19.3 Å². The van der Waals surface area contributed by atoms with Crippen molar-refractivity contribution in [3.05, 3.63) is 240 Å². The molecule has 0 saturated heterocycles. The second kappa shape index (κ2) is 21.3. The van der Waals surface area contributed by atoms with Crippen LogP contribution in [-0.2, 0) is 6.54 Å². The minimum absolute atomic E-state index is 0.214. The van der Waals surface area contributed by atoms with Crippen molar-refractivity contribution in [3.8, 4) is 22.3 Å². The number of fused-ring (bicyclic) bond motifs is 3. The van der Waals surface area contributed by atoms with Gasteiger partial charge in [-0.3, -0.25) is 4.99 Å². The van der Waals surface area contributed by atoms with Gasteiger partial charge in [0.1, 0.15) is 5.37 Å². The maximum Gasteiger partial charge on any atom is 0.154 e. The number of nitrogens with zero attached hydrogens (tertiary/aromatic N) is 2. The van der Waals surface area contributed by atoms with Crippen LogP contribution in [0.5, 0.6) is 0 Å². The summed E-state index contributed by atoms with van der Waals surface area (Å²) in [7, 11) is 0. The smallest absolute Gasteiger partial charge is 0.154 e. The highest BCUT2D eigenvalue weighted by molar-refractivity contribution is 8.00. The zero-order chi connectivity index (χ0) is 43.1. The van der Waals surface area contributed by atoms with Crippen molar-refractivity contribution in [3.63, 3.8) is 0 Å². The van der Waals surface area contributed by atoms with Gasteiger partial charge >= 0.3 is 0 Å². The van der Waals surface area contributed by atoms with Crippen LogP contribution >= 0.6 is 11.8 Å². The molecule has 5 heteroatoms. The van der Waals surface area contributed by atoms with Gasteiger partial charge in [-0.2, -0.15) is 0 Å². The van der Waals surface area contributed by atoms with E-state index >= 15 is 0 Å². The van der Waals surface area contributed by atoms with E-state index in [0.717, 1.165) is 11.1 Å². The van der Waals surface area contributed by atoms with Crippen molar-refractivity contribution in [1.29, 1.82) is 5.41 Å². The van der Waals surface area contributed by atoms with Gasteiger partial charge in [0.25, 0.3) is 0 Å². The molecule has 1 aliphatic heterocycles. The normalized spacial score (nSPS) is 12.6. The SMILES string of the molecule is C=N.C=NC(=NCc1cccc(-c2ccc3ccccc3c2)c1)c1ccc(C2Nc3ccccc3S2)cc1.Cc1cccc(-c2ccc3ccccc3c2)c1.Cc1ccccc1. The molecule has 1 heterocycles. The van der Waals surface area contributed by atoms with Gasteiger partial charge in [0.05, 0.1) is 6.54 Å². The summed E-state index contributed by atoms with van der Waals surface area (Å²) in [5.74, 6) is 0.660. The van der Waals surface area contributed by atoms with E-state index in [1.54, 1.807) is 0 Å². The number of benzene rings is 9. The van der Waals surface area contributed by atoms with Crippen LogP contribution in [0.4, 0.5) is 5.69 Å². The highest BCUT2D eigenvalue weighted by atomic mass is 32.2. The molecule has 0 bridgehead atoms. The van der Waals surface area contributed by atoms with Crippen molar-refractivity contribution in [2.45, 2.75) is 30.7 Å². The van der Waals surface area contributed by atoms with E-state index < -0.39 is 0 Å². The van der Waals surface area contributed by atoms with E-state index in [1.165, 1.54) is 71.1 Å². The number of nitrogens with one attached hydrogen (secondary N) is 2. The molecule has 0 radical (unpaired) electrons. The highest BCUT2D eigenvalue weighted by Crippen LogP contribution is 2.46. The van der Waals surface area contributed by atoms with E-state index in [4.69, 9.17) is 10.4 Å². The fourth-order valence-electron chi connectivity index (χ4n) is 7.29. The summed E-state index contributed by atoms with van der Waals surface area (Å²) in [6.45, 7) is 11.0. The lowest BCUT2D eigenvalue weighted by Crippen LogP contribution is -2.03. The fourth-order valence-corrected chi connectivity index (χ4v) is 8.43. The first kappa shape index (κ1) is 42.8. The molecule has 4 nitrogen and oxygen atoms in total. The van der Waals surface area contributed by atoms with E-state index in [1.807, 2.05) is 30.0 Å². The predicted octanol–water partition coefficient (Wildman–Crippen LogP) is 15.4. The van der Waals surface area contributed by atoms with Crippen molar-refractivity contribution in [1.82, 2.24) is 0 Å². The Balaban J connectivity index is 0.000000182. The Bertz CT molecular complexity index is 2900. The fraction of sp³-hybridized carbons (Fsp3) is 0.0702. The van der Waals surface area contributed by atoms with Gasteiger partial charge in [0.15, 0.2) is 5.84 Å². The largest absolute Gasteiger partial charge is 0.368 e. The van der Waals surface area contributed by atoms with Gasteiger partial charge in [-0.15, -0.1) is 0 Å². The zero-order valence-corrected chi connectivity index (χ0v) is 36.0. The standard InChI is InChI=1S/C32H25N3S.C17H14.C7H8.CH3N/c1-33-31(24-14-16-25(17-15-24)32-35-29-11-4-5-12-30(29)36-32)34-21-22-7-6-10-26(19-22)28-18-13-23-8-2-3-9-27(23)20-28;1-13-5-4-8-15(11-13)17-10-9-14-6-2-3-7-16(14)12-17;1-7-5-3-2-4-6-7;1-2/h2-20,32,35H,1,21H2;2-12H,1H3;2-6H,1H3;2H,1H2. The average Bonchev–Trinajstić information content (AvgIpc) is 3.78. The number of hydrogen-bond donors (Lipinski definition) is 2. The molecule has 0 fully saturated rings. The Kier molecular flexibility index (Phi) is 14.7. The second-order valence-corrected chi connectivity index (χ2v) is 16.1. The maximum absolute atomic E-state index is 5.50. The van der Waals surface area contributed by atoms with Gasteiger partial charge in [0.2, 0.25) is 0 Å². The third kappa shape index (κ3) is 11.1. The Morgan fingerprint density at radius 2 is 1.05 bits per heavy atom. The van der Waals surface area contributed by atoms with Crippen molar-refractivity contribution in [2.24, 2.45) is 9.98 Å². The Labute approximate surface area is 370 Å². The average molecular weight is 823 g/mol. The van der Waals surface area contributed by atoms with Crippen LogP contribution in [0.1, 0.15) is 33.2 Å². The number of rotatable bonds is 6. The lowest BCUT2D eigenvalue weighted by atomic mass is 10.00. The summed E-state index contributed by atoms with van der Waals surface area (Å²) < 4.78 is 0. The van der Waals surface area contributed by atoms with Crippen molar-refractivity contribution in [2.75, 3.05) is 5.32 Å². The number of thioether (sulfide) groups is 1. The van der Waals surface area contributed by atoms with E-state index in [-0.39, 0.29) is 5.37 Å². The lowest BCUT2D eigenvalue weighted by molar-refractivity contribution is 1.06. The number of aryl methyl sites for hydroxylation is 2. The van der Waals surface area contributed by atoms with Gasteiger partial charge in [0, 0.05) is 16.1 Å². The van der Waals surface area contributed by atoms with Crippen LogP contribution in [0.2, 0.25) is 0 Å². The summed E-state index contributed by atoms with van der Waals surface area (Å²) in [6, 6.07) is 74.5. The molecule has 1 aliphatic rings. The van der Waals surface area contributed by atoms with Gasteiger partial charge in [-0.05, 0) is 113 Å². The number of aliphatic imine (C=N–C) groups is 2. The van der Waals surface area contributed by atoms with Gasteiger partial charge in [-0.25, -0.2) is 4.99 Å². The summed E-state index contributed by atoms with van der Waals surface area (Å²) in [4.78, 5) is 10.3. The molecule has 9 aromatic rings. The van der Waals surface area contributed by atoms with Crippen molar-refractivity contribution >= 4 is 58.3 Å². The molecule has 1 atom stereocenters. The van der Waals surface area contributed by atoms with Crippen molar-refractivity contribution < 1.29 is 0 Å². The first-order valence-corrected chi connectivity index (χ1v) is 21.5. The molecule has 2 N–H and O–H groups in total. The predicted molar refractivity (Wildman–Crippen MR) is 269 cm³/mol. The molecule has 0 spiro atoms. The molecular formula is C57H50N4S. The highest BCUT2D eigenvalue weighted by Gasteiger charge is 2.22. The molecule has 0 saturated carbocycles. The zero-order valence-electron chi connectivity index (χ0n) is 35.2. The molecule has 62 heavy (non-hydrogen) atoms. The quantitative estimate of drug-likeness (QED) is 0.130. The number of anilines is 1. The van der Waals surface area contributed by atoms with Crippen LogP contribution in [0.25, 0.3) is 43.8 Å². The first-order chi connectivity index (χ1) is 30.5. The number of amidine groups is 1. The van der Waals surface area contributed by atoms with Crippen LogP contribution in [0.15, 0.2) is 227 Å². The first-order valence-electron chi connectivity index (χ1n) is 20.6. The lowest BCUT2D eigenvalue weighted by Gasteiger charge is -2.11. The minimum atomic E-state index is 0.214. The van der Waals surface area contributed by atoms with Gasteiger partial charge < -0.3 is 10.7 Å². The molecule has 0 aliphatic carbocycles. The van der Waals surface area contributed by atoms with E-state index in [9.17, 15) is 0 Å². The van der Waals surface area contributed by atoms with E-state index in [0.29, 0.717) is 12.4 Å². The third-order valence-corrected chi connectivity index (χ3v) is 11.7. The number of hydrogen-bond acceptors (Lipinski definition) is 4. The summed E-state index contributed by atoms with van der Waals surface area (Å²) in [5, 5.41) is 14.4. The Morgan fingerprint density at radius 3 is 1.63 bits per heavy atom. The van der Waals surface area contributed by atoms with Gasteiger partial charge in [-0.1, -0.05) is 205 Å². The van der Waals surface area contributed by atoms with E-state index in [2.05, 4.69) is 232 Å². The molecule has 0 aromatic heterocycles. The molecular weight excluding hydrogens is 773 g/mol. The molecule has 9 aromatic carbocycles. The summed E-state index contributed by atoms with van der Waals surface area (Å²) in [5.41, 5.74) is 12.1. The van der Waals surface area contributed by atoms with Crippen LogP contribution < -0.4 is 5.32 Å². The summed E-state index contributed by atoms with van der Waals surface area (Å²) in [6.07, 6.45) is 0. The minimum Gasteiger partial charge on any atom is -0.368 e. The molecule has 0 amide bonds. The second-order valence-electron chi connectivity index (χ2n) is 14.9. The Morgan fingerprint density at radius 1 is 0.516 bits per heavy atom. The number of para-hydroxylation sites is 1. The summed E-state index contributed by atoms with van der Waals surface area (Å²) >= 11 is 1.84. The van der Waals surface area contributed by atoms with Crippen LogP contribution in [0.3, 0.4) is 0 Å². The molecule has 10 rings (SSSR count). The topological polar surface area (TPSA) is 60.6 Å². The van der Waals surface area contributed by atoms with Crippen LogP contribution in [-0.4, -0.2) is 19.3 Å². The Hall–Kier alpha value is -7.34. The monoisotopic (exact) mass is 822 g/mol. The molecule has 304 valence electrons. The third-order valence-electron chi connectivity index (χ3n) is 10.5. The molecule has 1 unspecified atom stereocenters. The maximum atomic E-state index is 5.50.